The second-order valence-corrected chi connectivity index (χ2v) is 11.4. The van der Waals surface area contributed by atoms with Crippen LogP contribution in [-0.4, -0.2) is 63.3 Å². The van der Waals surface area contributed by atoms with Crippen LogP contribution in [0.4, 0.5) is 5.69 Å². The summed E-state index contributed by atoms with van der Waals surface area (Å²) < 4.78 is 21.8. The maximum absolute atomic E-state index is 13.4. The first-order chi connectivity index (χ1) is 21.2. The van der Waals surface area contributed by atoms with Crippen LogP contribution < -0.4 is 9.64 Å². The van der Waals surface area contributed by atoms with Gasteiger partial charge in [0.25, 0.3) is 0 Å². The van der Waals surface area contributed by atoms with E-state index in [1.807, 2.05) is 49.4 Å². The zero-order valence-electron chi connectivity index (χ0n) is 26.4. The molecule has 3 aromatic rings. The number of hydrogen-bond acceptors (Lipinski definition) is 8. The van der Waals surface area contributed by atoms with E-state index in [4.69, 9.17) is 18.9 Å². The van der Waals surface area contributed by atoms with Gasteiger partial charge in [-0.1, -0.05) is 38.1 Å². The molecule has 0 aliphatic carbocycles. The van der Waals surface area contributed by atoms with E-state index in [0.717, 1.165) is 35.5 Å². The minimum absolute atomic E-state index is 0.0854. The van der Waals surface area contributed by atoms with Crippen LogP contribution in [0.5, 0.6) is 5.75 Å². The minimum atomic E-state index is -0.622. The molecule has 44 heavy (non-hydrogen) atoms. The second kappa shape index (κ2) is 15.0. The number of rotatable bonds is 14. The molecule has 1 aliphatic rings. The fraction of sp³-hybridized carbons (Fsp3) is 0.417. The van der Waals surface area contributed by atoms with Gasteiger partial charge in [-0.25, -0.2) is 9.59 Å². The normalized spacial score (nSPS) is 14.3. The van der Waals surface area contributed by atoms with Gasteiger partial charge in [-0.2, -0.15) is 0 Å². The number of fused-ring (bicyclic) bond motifs is 1. The number of esters is 2. The highest BCUT2D eigenvalue weighted by atomic mass is 16.6. The molecule has 1 heterocycles. The molecule has 0 amide bonds. The number of anilines is 1. The number of benzene rings is 3. The van der Waals surface area contributed by atoms with Gasteiger partial charge < -0.3 is 23.8 Å². The van der Waals surface area contributed by atoms with Gasteiger partial charge in [-0.05, 0) is 86.2 Å². The van der Waals surface area contributed by atoms with E-state index in [0.29, 0.717) is 56.1 Å². The Morgan fingerprint density at radius 1 is 0.818 bits per heavy atom. The molecule has 8 heteroatoms. The van der Waals surface area contributed by atoms with E-state index < -0.39 is 12.1 Å². The molecule has 0 bridgehead atoms. The quantitative estimate of drug-likeness (QED) is 0.160. The Bertz CT molecular complexity index is 1430. The van der Waals surface area contributed by atoms with Crippen molar-refractivity contribution in [3.63, 3.8) is 0 Å². The van der Waals surface area contributed by atoms with Crippen molar-refractivity contribution in [3.8, 4) is 5.75 Å². The molecular weight excluding hydrogens is 558 g/mol. The van der Waals surface area contributed by atoms with Crippen molar-refractivity contribution >= 4 is 23.4 Å². The number of nitrogens with zero attached hydrogens (tertiary/aromatic N) is 1. The van der Waals surface area contributed by atoms with Crippen molar-refractivity contribution in [2.75, 3.05) is 44.4 Å². The molecule has 8 nitrogen and oxygen atoms in total. The molecule has 0 radical (unpaired) electrons. The lowest BCUT2D eigenvalue weighted by Gasteiger charge is -2.40. The Kier molecular flexibility index (Phi) is 11.2. The Morgan fingerprint density at radius 3 is 2.14 bits per heavy atom. The van der Waals surface area contributed by atoms with Crippen LogP contribution in [-0.2, 0) is 30.8 Å². The summed E-state index contributed by atoms with van der Waals surface area (Å²) in [5.41, 5.74) is 4.69. The van der Waals surface area contributed by atoms with Gasteiger partial charge in [-0.15, -0.1) is 0 Å². The summed E-state index contributed by atoms with van der Waals surface area (Å²) in [6, 6.07) is 20.2. The van der Waals surface area contributed by atoms with Crippen molar-refractivity contribution < 1.29 is 33.3 Å². The summed E-state index contributed by atoms with van der Waals surface area (Å²) in [6.45, 7) is 13.0. The van der Waals surface area contributed by atoms with Gasteiger partial charge in [0.1, 0.15) is 12.4 Å². The monoisotopic (exact) mass is 601 g/mol. The molecule has 0 saturated carbocycles. The van der Waals surface area contributed by atoms with Crippen LogP contribution in [0.25, 0.3) is 0 Å². The highest BCUT2D eigenvalue weighted by molar-refractivity contribution is 6.09. The second-order valence-electron chi connectivity index (χ2n) is 11.4. The summed E-state index contributed by atoms with van der Waals surface area (Å²) in [7, 11) is 0. The third-order valence-electron chi connectivity index (χ3n) is 7.89. The molecule has 4 rings (SSSR count). The number of ether oxygens (including phenoxy) is 4. The topological polar surface area (TPSA) is 91.4 Å². The van der Waals surface area contributed by atoms with Crippen LogP contribution in [0.1, 0.15) is 78.4 Å². The molecule has 1 atom stereocenters. The first kappa shape index (κ1) is 32.7. The standard InChI is InChI=1S/C36H43NO7/c1-6-41-32(35(40)43-8-3)23-25-9-16-29(17-10-25)44-22-21-37-20-19-36(4,5)30-24-28(15-18-31(30)37)33(38)26-11-13-27(14-12-26)34(39)42-7-2/h9-18,24,32H,6-8,19-23H2,1-5H3/t32-/m0/s1. The lowest BCUT2D eigenvalue weighted by atomic mass is 9.76. The Morgan fingerprint density at radius 2 is 1.48 bits per heavy atom. The molecule has 234 valence electrons. The van der Waals surface area contributed by atoms with Gasteiger partial charge in [-0.3, -0.25) is 4.79 Å². The van der Waals surface area contributed by atoms with Crippen LogP contribution in [0.2, 0.25) is 0 Å². The summed E-state index contributed by atoms with van der Waals surface area (Å²) in [5, 5.41) is 0. The molecule has 0 aromatic heterocycles. The van der Waals surface area contributed by atoms with Crippen molar-refractivity contribution in [2.45, 2.75) is 59.0 Å². The zero-order valence-corrected chi connectivity index (χ0v) is 26.4. The van der Waals surface area contributed by atoms with Gasteiger partial charge in [0.05, 0.1) is 25.3 Å². The van der Waals surface area contributed by atoms with E-state index in [-0.39, 0.29) is 17.2 Å². The molecule has 0 spiro atoms. The molecule has 0 fully saturated rings. The van der Waals surface area contributed by atoms with E-state index >= 15 is 0 Å². The first-order valence-electron chi connectivity index (χ1n) is 15.4. The van der Waals surface area contributed by atoms with Crippen molar-refractivity contribution in [1.29, 1.82) is 0 Å². The molecule has 0 N–H and O–H groups in total. The first-order valence-corrected chi connectivity index (χ1v) is 15.4. The van der Waals surface area contributed by atoms with E-state index in [1.165, 1.54) is 0 Å². The third-order valence-corrected chi connectivity index (χ3v) is 7.89. The van der Waals surface area contributed by atoms with E-state index in [9.17, 15) is 14.4 Å². The van der Waals surface area contributed by atoms with E-state index in [1.54, 1.807) is 38.1 Å². The number of hydrogen-bond donors (Lipinski definition) is 0. The Labute approximate surface area is 260 Å². The van der Waals surface area contributed by atoms with Crippen molar-refractivity contribution in [3.05, 3.63) is 94.5 Å². The molecule has 0 unspecified atom stereocenters. The summed E-state index contributed by atoms with van der Waals surface area (Å²) >= 11 is 0. The number of carbonyl (C=O) groups excluding carboxylic acids is 3. The smallest absolute Gasteiger partial charge is 0.338 e. The van der Waals surface area contributed by atoms with E-state index in [2.05, 4.69) is 18.7 Å². The van der Waals surface area contributed by atoms with Gasteiger partial charge >= 0.3 is 11.9 Å². The zero-order chi connectivity index (χ0) is 31.7. The fourth-order valence-corrected chi connectivity index (χ4v) is 5.39. The van der Waals surface area contributed by atoms with Gasteiger partial charge in [0, 0.05) is 36.4 Å². The van der Waals surface area contributed by atoms with Gasteiger partial charge in [0.2, 0.25) is 0 Å². The summed E-state index contributed by atoms with van der Waals surface area (Å²) in [4.78, 5) is 39.8. The SMILES string of the molecule is CCOC(=O)c1ccc(C(=O)c2ccc3c(c2)C(C)(C)CCN3CCOc2ccc(C[C@H](OCC)C(=O)OCC)cc2)cc1. The largest absolute Gasteiger partial charge is 0.492 e. The Hall–Kier alpha value is -4.17. The van der Waals surface area contributed by atoms with Crippen LogP contribution >= 0.6 is 0 Å². The van der Waals surface area contributed by atoms with Crippen molar-refractivity contribution in [2.24, 2.45) is 0 Å². The van der Waals surface area contributed by atoms with Crippen LogP contribution in [0.15, 0.2) is 66.7 Å². The number of carbonyl (C=O) groups is 3. The molecule has 1 aliphatic heterocycles. The lowest BCUT2D eigenvalue weighted by molar-refractivity contribution is -0.156. The molecular formula is C36H43NO7. The lowest BCUT2D eigenvalue weighted by Crippen LogP contribution is -2.39. The average molecular weight is 602 g/mol. The average Bonchev–Trinajstić information content (AvgIpc) is 3.02. The third kappa shape index (κ3) is 8.05. The number of ketones is 1. The summed E-state index contributed by atoms with van der Waals surface area (Å²) in [6.07, 6.45) is 0.765. The molecule has 0 saturated heterocycles. The van der Waals surface area contributed by atoms with Crippen LogP contribution in [0.3, 0.4) is 0 Å². The molecule has 3 aromatic carbocycles. The van der Waals surface area contributed by atoms with Crippen molar-refractivity contribution in [1.82, 2.24) is 0 Å². The Balaban J connectivity index is 1.39. The highest BCUT2D eigenvalue weighted by Crippen LogP contribution is 2.40. The highest BCUT2D eigenvalue weighted by Gasteiger charge is 2.32. The fourth-order valence-electron chi connectivity index (χ4n) is 5.39. The maximum Gasteiger partial charge on any atom is 0.338 e. The minimum Gasteiger partial charge on any atom is -0.492 e. The predicted octanol–water partition coefficient (Wildman–Crippen LogP) is 6.17. The van der Waals surface area contributed by atoms with Gasteiger partial charge in [0.15, 0.2) is 11.9 Å². The van der Waals surface area contributed by atoms with Crippen LogP contribution in [0, 0.1) is 0 Å². The summed E-state index contributed by atoms with van der Waals surface area (Å²) in [5.74, 6) is -0.0753. The predicted molar refractivity (Wildman–Crippen MR) is 170 cm³/mol. The maximum atomic E-state index is 13.4.